The lowest BCUT2D eigenvalue weighted by Gasteiger charge is -2.29. The highest BCUT2D eigenvalue weighted by atomic mass is 16.5. The zero-order chi connectivity index (χ0) is 10.4. The van der Waals surface area contributed by atoms with Crippen molar-refractivity contribution in [1.29, 1.82) is 0 Å². The summed E-state index contributed by atoms with van der Waals surface area (Å²) < 4.78 is 5.31. The van der Waals surface area contributed by atoms with Gasteiger partial charge in [0, 0.05) is 12.5 Å². The van der Waals surface area contributed by atoms with Crippen molar-refractivity contribution in [3.05, 3.63) is 0 Å². The summed E-state index contributed by atoms with van der Waals surface area (Å²) in [6, 6.07) is 0. The van der Waals surface area contributed by atoms with Gasteiger partial charge in [0.2, 0.25) is 0 Å². The van der Waals surface area contributed by atoms with Crippen LogP contribution < -0.4 is 0 Å². The first-order valence-corrected chi connectivity index (χ1v) is 5.97. The number of hydrogen-bond acceptors (Lipinski definition) is 2. The molecule has 1 saturated heterocycles. The highest BCUT2D eigenvalue weighted by Gasteiger charge is 2.33. The van der Waals surface area contributed by atoms with Crippen LogP contribution in [-0.4, -0.2) is 23.9 Å². The Hall–Kier alpha value is -0.0800. The van der Waals surface area contributed by atoms with Crippen molar-refractivity contribution in [1.82, 2.24) is 0 Å². The molecule has 0 aromatic carbocycles. The van der Waals surface area contributed by atoms with Crippen molar-refractivity contribution in [3.63, 3.8) is 0 Å². The van der Waals surface area contributed by atoms with Gasteiger partial charge < -0.3 is 9.84 Å². The molecule has 1 aliphatic rings. The summed E-state index contributed by atoms with van der Waals surface area (Å²) in [6.45, 7) is 5.76. The summed E-state index contributed by atoms with van der Waals surface area (Å²) >= 11 is 0. The molecule has 14 heavy (non-hydrogen) atoms. The summed E-state index contributed by atoms with van der Waals surface area (Å²) in [4.78, 5) is 0. The van der Waals surface area contributed by atoms with Crippen molar-refractivity contribution < 1.29 is 9.84 Å². The molecule has 84 valence electrons. The van der Waals surface area contributed by atoms with Crippen LogP contribution in [0.4, 0.5) is 0 Å². The third-order valence-electron chi connectivity index (χ3n) is 3.35. The summed E-state index contributed by atoms with van der Waals surface area (Å²) in [5.41, 5.74) is -0.496. The SMILES string of the molecule is CCCCCCC(C)(O)C1CCOC1. The predicted molar refractivity (Wildman–Crippen MR) is 58.3 cm³/mol. The van der Waals surface area contributed by atoms with Gasteiger partial charge in [0.05, 0.1) is 12.2 Å². The molecular weight excluding hydrogens is 176 g/mol. The number of rotatable bonds is 6. The van der Waals surface area contributed by atoms with E-state index in [-0.39, 0.29) is 0 Å². The van der Waals surface area contributed by atoms with Crippen LogP contribution in [0.5, 0.6) is 0 Å². The first kappa shape index (κ1) is 12.0. The molecule has 0 aromatic heterocycles. The quantitative estimate of drug-likeness (QED) is 0.668. The maximum Gasteiger partial charge on any atom is 0.0670 e. The molecule has 2 nitrogen and oxygen atoms in total. The van der Waals surface area contributed by atoms with E-state index in [1.165, 1.54) is 19.3 Å². The first-order valence-electron chi connectivity index (χ1n) is 5.97. The fourth-order valence-corrected chi connectivity index (χ4v) is 2.14. The zero-order valence-corrected chi connectivity index (χ0v) is 9.59. The first-order chi connectivity index (χ1) is 6.67. The van der Waals surface area contributed by atoms with Crippen LogP contribution in [0, 0.1) is 5.92 Å². The van der Waals surface area contributed by atoms with Crippen LogP contribution in [0.2, 0.25) is 0 Å². The molecule has 0 saturated carbocycles. The van der Waals surface area contributed by atoms with E-state index in [0.29, 0.717) is 5.92 Å². The van der Waals surface area contributed by atoms with E-state index in [1.807, 2.05) is 6.92 Å². The largest absolute Gasteiger partial charge is 0.390 e. The van der Waals surface area contributed by atoms with Gasteiger partial charge in [-0.2, -0.15) is 0 Å². The molecule has 0 amide bonds. The van der Waals surface area contributed by atoms with Crippen LogP contribution in [-0.2, 0) is 4.74 Å². The van der Waals surface area contributed by atoms with Crippen LogP contribution in [0.1, 0.15) is 52.4 Å². The molecule has 0 radical (unpaired) electrons. The maximum atomic E-state index is 10.2. The van der Waals surface area contributed by atoms with Crippen molar-refractivity contribution in [2.75, 3.05) is 13.2 Å². The Morgan fingerprint density at radius 1 is 1.36 bits per heavy atom. The fourth-order valence-electron chi connectivity index (χ4n) is 2.14. The molecule has 2 atom stereocenters. The maximum absolute atomic E-state index is 10.2. The monoisotopic (exact) mass is 200 g/mol. The van der Waals surface area contributed by atoms with E-state index in [1.54, 1.807) is 0 Å². The molecule has 0 aromatic rings. The molecule has 1 aliphatic heterocycles. The minimum Gasteiger partial charge on any atom is -0.390 e. The molecule has 1 N–H and O–H groups in total. The standard InChI is InChI=1S/C12H24O2/c1-3-4-5-6-8-12(2,13)11-7-9-14-10-11/h11,13H,3-10H2,1-2H3. The van der Waals surface area contributed by atoms with E-state index in [0.717, 1.165) is 32.5 Å². The number of hydrogen-bond donors (Lipinski definition) is 1. The minimum atomic E-state index is -0.496. The second kappa shape index (κ2) is 5.72. The highest BCUT2D eigenvalue weighted by Crippen LogP contribution is 2.30. The lowest BCUT2D eigenvalue weighted by Crippen LogP contribution is -2.34. The molecule has 0 spiro atoms. The van der Waals surface area contributed by atoms with Crippen molar-refractivity contribution in [3.8, 4) is 0 Å². The number of unbranched alkanes of at least 4 members (excludes halogenated alkanes) is 3. The lowest BCUT2D eigenvalue weighted by atomic mass is 9.84. The molecular formula is C12H24O2. The average molecular weight is 200 g/mol. The van der Waals surface area contributed by atoms with Gasteiger partial charge in [-0.1, -0.05) is 32.6 Å². The van der Waals surface area contributed by atoms with Crippen molar-refractivity contribution >= 4 is 0 Å². The topological polar surface area (TPSA) is 29.5 Å². The molecule has 1 fully saturated rings. The van der Waals surface area contributed by atoms with Gasteiger partial charge in [-0.15, -0.1) is 0 Å². The number of aliphatic hydroxyl groups is 1. The highest BCUT2D eigenvalue weighted by molar-refractivity contribution is 4.84. The number of ether oxygens (including phenoxy) is 1. The summed E-state index contributed by atoms with van der Waals surface area (Å²) in [5, 5.41) is 10.2. The Balaban J connectivity index is 2.19. The van der Waals surface area contributed by atoms with Crippen molar-refractivity contribution in [2.24, 2.45) is 5.92 Å². The van der Waals surface area contributed by atoms with E-state index in [9.17, 15) is 5.11 Å². The normalized spacial score (nSPS) is 26.4. The Morgan fingerprint density at radius 3 is 2.71 bits per heavy atom. The second-order valence-corrected chi connectivity index (χ2v) is 4.73. The second-order valence-electron chi connectivity index (χ2n) is 4.73. The van der Waals surface area contributed by atoms with Gasteiger partial charge in [-0.3, -0.25) is 0 Å². The lowest BCUT2D eigenvalue weighted by molar-refractivity contribution is -0.0142. The van der Waals surface area contributed by atoms with E-state index < -0.39 is 5.60 Å². The third kappa shape index (κ3) is 3.58. The summed E-state index contributed by atoms with van der Waals surface area (Å²) in [6.07, 6.45) is 6.91. The van der Waals surface area contributed by atoms with E-state index in [2.05, 4.69) is 6.92 Å². The van der Waals surface area contributed by atoms with Crippen LogP contribution in [0.15, 0.2) is 0 Å². The van der Waals surface area contributed by atoms with E-state index in [4.69, 9.17) is 4.74 Å². The Bertz CT molecular complexity index is 148. The summed E-state index contributed by atoms with van der Waals surface area (Å²) in [7, 11) is 0. The molecule has 0 bridgehead atoms. The summed E-state index contributed by atoms with van der Waals surface area (Å²) in [5.74, 6) is 0.365. The minimum absolute atomic E-state index is 0.365. The fraction of sp³-hybridized carbons (Fsp3) is 1.00. The van der Waals surface area contributed by atoms with Gasteiger partial charge in [0.15, 0.2) is 0 Å². The molecule has 1 rings (SSSR count). The van der Waals surface area contributed by atoms with Crippen LogP contribution in [0.25, 0.3) is 0 Å². The Kier molecular flexibility index (Phi) is 4.90. The molecule has 2 unspecified atom stereocenters. The Labute approximate surface area is 87.7 Å². The van der Waals surface area contributed by atoms with Gasteiger partial charge in [0.25, 0.3) is 0 Å². The Morgan fingerprint density at radius 2 is 2.14 bits per heavy atom. The molecule has 0 aliphatic carbocycles. The molecule has 1 heterocycles. The smallest absolute Gasteiger partial charge is 0.0670 e. The molecule has 2 heteroatoms. The van der Waals surface area contributed by atoms with Gasteiger partial charge in [0.1, 0.15) is 0 Å². The van der Waals surface area contributed by atoms with Gasteiger partial charge >= 0.3 is 0 Å². The predicted octanol–water partition coefficient (Wildman–Crippen LogP) is 2.74. The van der Waals surface area contributed by atoms with E-state index >= 15 is 0 Å². The van der Waals surface area contributed by atoms with Crippen molar-refractivity contribution in [2.45, 2.75) is 58.0 Å². The van der Waals surface area contributed by atoms with Gasteiger partial charge in [-0.05, 0) is 19.8 Å². The van der Waals surface area contributed by atoms with Crippen LogP contribution in [0.3, 0.4) is 0 Å². The van der Waals surface area contributed by atoms with Crippen LogP contribution >= 0.6 is 0 Å². The van der Waals surface area contributed by atoms with Gasteiger partial charge in [-0.25, -0.2) is 0 Å². The average Bonchev–Trinajstić information content (AvgIpc) is 2.65. The zero-order valence-electron chi connectivity index (χ0n) is 9.59. The third-order valence-corrected chi connectivity index (χ3v) is 3.35.